The van der Waals surface area contributed by atoms with Crippen LogP contribution in [-0.4, -0.2) is 36.3 Å². The van der Waals surface area contributed by atoms with Crippen LogP contribution in [0.5, 0.6) is 0 Å². The zero-order valence-electron chi connectivity index (χ0n) is 9.06. The molecule has 0 fully saturated rings. The lowest BCUT2D eigenvalue weighted by molar-refractivity contribution is 0.292. The van der Waals surface area contributed by atoms with Gasteiger partial charge in [0.25, 0.3) is 0 Å². The van der Waals surface area contributed by atoms with Crippen molar-refractivity contribution in [2.45, 2.75) is 6.54 Å². The van der Waals surface area contributed by atoms with Crippen LogP contribution >= 0.6 is 24.8 Å². The summed E-state index contributed by atoms with van der Waals surface area (Å²) >= 11 is 0. The Morgan fingerprint density at radius 3 is 2.50 bits per heavy atom. The molecule has 0 atom stereocenters. The van der Waals surface area contributed by atoms with Crippen molar-refractivity contribution in [2.24, 2.45) is 0 Å². The number of aromatic nitrogens is 1. The fourth-order valence-corrected chi connectivity index (χ4v) is 1.12. The van der Waals surface area contributed by atoms with E-state index in [0.29, 0.717) is 6.54 Å². The summed E-state index contributed by atoms with van der Waals surface area (Å²) in [5.41, 5.74) is 1.19. The van der Waals surface area contributed by atoms with Crippen LogP contribution < -0.4 is 10.6 Å². The van der Waals surface area contributed by atoms with Crippen molar-refractivity contribution in [3.63, 3.8) is 0 Å². The van der Waals surface area contributed by atoms with E-state index >= 15 is 0 Å². The molecule has 0 aromatic carbocycles. The third-order valence-electron chi connectivity index (χ3n) is 1.82. The normalized spacial score (nSPS) is 9.06. The van der Waals surface area contributed by atoms with Crippen molar-refractivity contribution in [2.75, 3.05) is 26.2 Å². The smallest absolute Gasteiger partial charge is 0.0555 e. The molecule has 0 radical (unpaired) electrons. The first-order valence-corrected chi connectivity index (χ1v) is 4.84. The summed E-state index contributed by atoms with van der Waals surface area (Å²) in [6.07, 6.45) is 3.63. The quantitative estimate of drug-likeness (QED) is 0.634. The molecule has 94 valence electrons. The third kappa shape index (κ3) is 8.88. The summed E-state index contributed by atoms with van der Waals surface area (Å²) in [6.45, 7) is 3.47. The Morgan fingerprint density at radius 1 is 1.12 bits per heavy atom. The van der Waals surface area contributed by atoms with E-state index in [1.54, 1.807) is 6.20 Å². The first-order valence-electron chi connectivity index (χ1n) is 4.84. The second kappa shape index (κ2) is 12.7. The summed E-state index contributed by atoms with van der Waals surface area (Å²) in [7, 11) is 0. The van der Waals surface area contributed by atoms with Gasteiger partial charge in [0, 0.05) is 38.6 Å². The molecule has 1 aromatic rings. The van der Waals surface area contributed by atoms with Crippen molar-refractivity contribution in [3.05, 3.63) is 30.1 Å². The summed E-state index contributed by atoms with van der Waals surface area (Å²) in [5.74, 6) is 0. The van der Waals surface area contributed by atoms with E-state index in [-0.39, 0.29) is 31.4 Å². The molecule has 1 rings (SSSR count). The highest BCUT2D eigenvalue weighted by molar-refractivity contribution is 5.85. The molecular weight excluding hydrogens is 249 g/mol. The van der Waals surface area contributed by atoms with E-state index in [4.69, 9.17) is 5.11 Å². The number of aliphatic hydroxyl groups is 1. The molecule has 6 heteroatoms. The molecule has 0 bridgehead atoms. The molecular formula is C10H19Cl2N3O. The summed E-state index contributed by atoms with van der Waals surface area (Å²) < 4.78 is 0. The second-order valence-corrected chi connectivity index (χ2v) is 3.01. The third-order valence-corrected chi connectivity index (χ3v) is 1.82. The molecule has 1 aromatic heterocycles. The molecule has 16 heavy (non-hydrogen) atoms. The number of nitrogens with zero attached hydrogens (tertiary/aromatic N) is 1. The molecule has 1 heterocycles. The van der Waals surface area contributed by atoms with E-state index in [1.807, 2.05) is 18.3 Å². The number of aliphatic hydroxyl groups excluding tert-OH is 1. The van der Waals surface area contributed by atoms with E-state index in [2.05, 4.69) is 15.6 Å². The SMILES string of the molecule is Cl.Cl.OCCNCCNCc1cccnc1. The standard InChI is InChI=1S/C10H17N3O.2ClH/c14-7-6-11-4-5-13-9-10-2-1-3-12-8-10;;/h1-3,8,11,13-14H,4-7,9H2;2*1H. The number of rotatable bonds is 7. The van der Waals surface area contributed by atoms with Crippen molar-refractivity contribution in [1.29, 1.82) is 0 Å². The Morgan fingerprint density at radius 2 is 1.88 bits per heavy atom. The van der Waals surface area contributed by atoms with Gasteiger partial charge in [-0.05, 0) is 11.6 Å². The van der Waals surface area contributed by atoms with Crippen LogP contribution in [0.1, 0.15) is 5.56 Å². The maximum absolute atomic E-state index is 8.51. The minimum Gasteiger partial charge on any atom is -0.395 e. The number of hydrogen-bond acceptors (Lipinski definition) is 4. The molecule has 4 nitrogen and oxygen atoms in total. The fourth-order valence-electron chi connectivity index (χ4n) is 1.12. The number of hydrogen-bond donors (Lipinski definition) is 3. The second-order valence-electron chi connectivity index (χ2n) is 3.01. The molecule has 3 N–H and O–H groups in total. The predicted molar refractivity (Wildman–Crippen MR) is 70.4 cm³/mol. The average molecular weight is 268 g/mol. The molecule has 0 unspecified atom stereocenters. The molecule has 0 aliphatic carbocycles. The first-order chi connectivity index (χ1) is 6.93. The lowest BCUT2D eigenvalue weighted by Gasteiger charge is -2.04. The Labute approximate surface area is 109 Å². The molecule has 0 saturated heterocycles. The van der Waals surface area contributed by atoms with Crippen LogP contribution in [0.25, 0.3) is 0 Å². The van der Waals surface area contributed by atoms with Gasteiger partial charge in [-0.15, -0.1) is 24.8 Å². The number of nitrogens with one attached hydrogen (secondary N) is 2. The number of pyridine rings is 1. The molecule has 0 spiro atoms. The first kappa shape index (κ1) is 18.0. The van der Waals surface area contributed by atoms with Gasteiger partial charge in [0.2, 0.25) is 0 Å². The maximum atomic E-state index is 8.51. The van der Waals surface area contributed by atoms with Crippen molar-refractivity contribution < 1.29 is 5.11 Å². The Balaban J connectivity index is 0. The van der Waals surface area contributed by atoms with Crippen LogP contribution in [0.15, 0.2) is 24.5 Å². The van der Waals surface area contributed by atoms with Crippen LogP contribution in [0, 0.1) is 0 Å². The van der Waals surface area contributed by atoms with E-state index in [9.17, 15) is 0 Å². The molecule has 0 saturated carbocycles. The average Bonchev–Trinajstić information content (AvgIpc) is 2.25. The van der Waals surface area contributed by atoms with Gasteiger partial charge < -0.3 is 15.7 Å². The van der Waals surface area contributed by atoms with Gasteiger partial charge in [0.05, 0.1) is 6.61 Å². The van der Waals surface area contributed by atoms with Gasteiger partial charge in [-0.25, -0.2) is 0 Å². The largest absolute Gasteiger partial charge is 0.395 e. The fraction of sp³-hybridized carbons (Fsp3) is 0.500. The predicted octanol–water partition coefficient (Wildman–Crippen LogP) is 0.597. The van der Waals surface area contributed by atoms with Crippen LogP contribution in [0.2, 0.25) is 0 Å². The van der Waals surface area contributed by atoms with Crippen molar-refractivity contribution >= 4 is 24.8 Å². The summed E-state index contributed by atoms with van der Waals surface area (Å²) in [6, 6.07) is 3.97. The highest BCUT2D eigenvalue weighted by Gasteiger charge is 1.90. The van der Waals surface area contributed by atoms with Crippen LogP contribution in [0.3, 0.4) is 0 Å². The van der Waals surface area contributed by atoms with Crippen LogP contribution in [0.4, 0.5) is 0 Å². The Kier molecular flexibility index (Phi) is 14.3. The lowest BCUT2D eigenvalue weighted by atomic mass is 10.3. The molecule has 0 aliphatic rings. The molecule has 0 amide bonds. The van der Waals surface area contributed by atoms with E-state index in [0.717, 1.165) is 19.6 Å². The van der Waals surface area contributed by atoms with Gasteiger partial charge in [-0.3, -0.25) is 4.98 Å². The van der Waals surface area contributed by atoms with Gasteiger partial charge in [-0.2, -0.15) is 0 Å². The topological polar surface area (TPSA) is 57.2 Å². The Bertz CT molecular complexity index is 237. The van der Waals surface area contributed by atoms with E-state index < -0.39 is 0 Å². The van der Waals surface area contributed by atoms with Gasteiger partial charge in [0.1, 0.15) is 0 Å². The summed E-state index contributed by atoms with van der Waals surface area (Å²) in [5, 5.41) is 14.9. The zero-order chi connectivity index (χ0) is 10.1. The Hall–Kier alpha value is -0.390. The van der Waals surface area contributed by atoms with Crippen molar-refractivity contribution in [1.82, 2.24) is 15.6 Å². The maximum Gasteiger partial charge on any atom is 0.0555 e. The highest BCUT2D eigenvalue weighted by atomic mass is 35.5. The van der Waals surface area contributed by atoms with Gasteiger partial charge in [-0.1, -0.05) is 6.07 Å². The summed E-state index contributed by atoms with van der Waals surface area (Å²) in [4.78, 5) is 4.02. The van der Waals surface area contributed by atoms with E-state index in [1.165, 1.54) is 5.56 Å². The molecule has 0 aliphatic heterocycles. The van der Waals surface area contributed by atoms with Gasteiger partial charge >= 0.3 is 0 Å². The monoisotopic (exact) mass is 267 g/mol. The van der Waals surface area contributed by atoms with Crippen molar-refractivity contribution in [3.8, 4) is 0 Å². The lowest BCUT2D eigenvalue weighted by Crippen LogP contribution is -2.28. The minimum absolute atomic E-state index is 0. The zero-order valence-corrected chi connectivity index (χ0v) is 10.7. The van der Waals surface area contributed by atoms with Gasteiger partial charge in [0.15, 0.2) is 0 Å². The minimum atomic E-state index is 0. The number of halogens is 2. The van der Waals surface area contributed by atoms with Crippen LogP contribution in [-0.2, 0) is 6.54 Å². The highest BCUT2D eigenvalue weighted by Crippen LogP contribution is 1.93.